The van der Waals surface area contributed by atoms with Gasteiger partial charge in [-0.2, -0.15) is 9.98 Å². The van der Waals surface area contributed by atoms with E-state index >= 15 is 0 Å². The largest absolute Gasteiger partial charge is 0.381 e. The van der Waals surface area contributed by atoms with E-state index in [1.54, 1.807) is 25.3 Å². The van der Waals surface area contributed by atoms with Crippen molar-refractivity contribution in [2.24, 2.45) is 0 Å². The number of nitrogens with zero attached hydrogens (tertiary/aromatic N) is 4. The summed E-state index contributed by atoms with van der Waals surface area (Å²) in [4.78, 5) is 14.5. The molecule has 2 aromatic heterocycles. The molecule has 0 unspecified atom stereocenters. The number of fused-ring (bicyclic) bond motifs is 3. The van der Waals surface area contributed by atoms with E-state index in [9.17, 15) is 13.7 Å². The standard InChI is InChI=1S/C20H22N6O3S/c1-29-13-4-8-26(9-5-13)19-17-15-3-2-14(10-16(15)24-18(17)22-12-23-19)30(27,28)25-20(11-21)6-7-20/h2-3,10,12-13,25H,4-9H2,1H3,(H,22,23,24). The van der Waals surface area contributed by atoms with Crippen LogP contribution in [0.3, 0.4) is 0 Å². The minimum Gasteiger partial charge on any atom is -0.381 e. The summed E-state index contributed by atoms with van der Waals surface area (Å²) in [5.74, 6) is 0.843. The summed E-state index contributed by atoms with van der Waals surface area (Å²) in [6.45, 7) is 1.67. The molecule has 2 fully saturated rings. The number of nitriles is 1. The number of benzene rings is 1. The van der Waals surface area contributed by atoms with E-state index in [0.29, 0.717) is 24.0 Å². The maximum atomic E-state index is 12.8. The van der Waals surface area contributed by atoms with Gasteiger partial charge in [-0.05, 0) is 37.8 Å². The van der Waals surface area contributed by atoms with Crippen LogP contribution in [0.15, 0.2) is 29.4 Å². The van der Waals surface area contributed by atoms with Crippen molar-refractivity contribution in [2.45, 2.75) is 42.2 Å². The molecule has 2 aliphatic rings. The number of nitrogens with one attached hydrogen (secondary N) is 2. The molecule has 156 valence electrons. The Morgan fingerprint density at radius 2 is 2.07 bits per heavy atom. The van der Waals surface area contributed by atoms with E-state index in [-0.39, 0.29) is 11.0 Å². The van der Waals surface area contributed by atoms with Crippen molar-refractivity contribution in [3.05, 3.63) is 24.5 Å². The molecule has 0 amide bonds. The molecule has 0 atom stereocenters. The van der Waals surface area contributed by atoms with E-state index in [1.807, 2.05) is 0 Å². The number of hydrogen-bond donors (Lipinski definition) is 2. The highest BCUT2D eigenvalue weighted by atomic mass is 32.2. The Morgan fingerprint density at radius 3 is 2.73 bits per heavy atom. The smallest absolute Gasteiger partial charge is 0.242 e. The van der Waals surface area contributed by atoms with Gasteiger partial charge in [0.1, 0.15) is 23.3 Å². The Labute approximate surface area is 174 Å². The molecule has 1 saturated carbocycles. The van der Waals surface area contributed by atoms with Crippen LogP contribution in [0.5, 0.6) is 0 Å². The van der Waals surface area contributed by atoms with Crippen molar-refractivity contribution in [2.75, 3.05) is 25.1 Å². The fourth-order valence-corrected chi connectivity index (χ4v) is 5.48. The predicted molar refractivity (Wildman–Crippen MR) is 112 cm³/mol. The van der Waals surface area contributed by atoms with E-state index in [4.69, 9.17) is 4.74 Å². The molecule has 1 aromatic carbocycles. The molecule has 3 heterocycles. The molecule has 2 N–H and O–H groups in total. The summed E-state index contributed by atoms with van der Waals surface area (Å²) in [5, 5.41) is 11.0. The number of rotatable bonds is 5. The topological polar surface area (TPSA) is 124 Å². The summed E-state index contributed by atoms with van der Waals surface area (Å²) in [5.41, 5.74) is 0.381. The molecule has 10 heteroatoms. The lowest BCUT2D eigenvalue weighted by atomic mass is 10.1. The second kappa shape index (κ2) is 6.91. The van der Waals surface area contributed by atoms with E-state index in [1.165, 1.54) is 6.33 Å². The summed E-state index contributed by atoms with van der Waals surface area (Å²) >= 11 is 0. The average Bonchev–Trinajstić information content (AvgIpc) is 3.42. The summed E-state index contributed by atoms with van der Waals surface area (Å²) in [6.07, 6.45) is 4.73. The third kappa shape index (κ3) is 3.19. The van der Waals surface area contributed by atoms with Gasteiger partial charge in [-0.25, -0.2) is 18.4 Å². The average molecular weight is 427 g/mol. The first-order chi connectivity index (χ1) is 14.4. The van der Waals surface area contributed by atoms with Gasteiger partial charge in [0.25, 0.3) is 0 Å². The van der Waals surface area contributed by atoms with Crippen LogP contribution in [0.1, 0.15) is 25.7 Å². The monoisotopic (exact) mass is 426 g/mol. The normalized spacial score (nSPS) is 19.3. The van der Waals surface area contributed by atoms with Crippen molar-refractivity contribution >= 4 is 37.8 Å². The molecule has 0 bridgehead atoms. The van der Waals surface area contributed by atoms with Crippen LogP contribution in [0, 0.1) is 11.3 Å². The Morgan fingerprint density at radius 1 is 1.30 bits per heavy atom. The Bertz CT molecular complexity index is 1270. The number of H-pyrrole nitrogens is 1. The second-order valence-electron chi connectivity index (χ2n) is 7.97. The minimum absolute atomic E-state index is 0.124. The zero-order chi connectivity index (χ0) is 20.9. The maximum absolute atomic E-state index is 12.8. The zero-order valence-corrected chi connectivity index (χ0v) is 17.4. The van der Waals surface area contributed by atoms with Gasteiger partial charge < -0.3 is 14.6 Å². The Hall–Kier alpha value is -2.74. The first-order valence-corrected chi connectivity index (χ1v) is 11.4. The second-order valence-corrected chi connectivity index (χ2v) is 9.66. The maximum Gasteiger partial charge on any atom is 0.242 e. The molecule has 3 aromatic rings. The van der Waals surface area contributed by atoms with Gasteiger partial charge in [-0.15, -0.1) is 0 Å². The summed E-state index contributed by atoms with van der Waals surface area (Å²) in [6, 6.07) is 7.00. The van der Waals surface area contributed by atoms with Crippen molar-refractivity contribution in [1.82, 2.24) is 19.7 Å². The lowest BCUT2D eigenvalue weighted by Crippen LogP contribution is -2.37. The quantitative estimate of drug-likeness (QED) is 0.640. The van der Waals surface area contributed by atoms with Gasteiger partial charge in [0, 0.05) is 31.1 Å². The number of methoxy groups -OCH3 is 1. The van der Waals surface area contributed by atoms with Gasteiger partial charge in [0.15, 0.2) is 0 Å². The molecule has 0 radical (unpaired) electrons. The Kier molecular flexibility index (Phi) is 4.43. The highest BCUT2D eigenvalue weighted by Gasteiger charge is 2.46. The van der Waals surface area contributed by atoms with Crippen LogP contribution in [0.4, 0.5) is 5.82 Å². The summed E-state index contributed by atoms with van der Waals surface area (Å²) in [7, 11) is -2.05. The predicted octanol–water partition coefficient (Wildman–Crippen LogP) is 2.06. The van der Waals surface area contributed by atoms with Gasteiger partial charge >= 0.3 is 0 Å². The van der Waals surface area contributed by atoms with Crippen LogP contribution < -0.4 is 9.62 Å². The van der Waals surface area contributed by atoms with Crippen molar-refractivity contribution in [3.8, 4) is 6.07 Å². The van der Waals surface area contributed by atoms with E-state index in [2.05, 4.69) is 30.6 Å². The molecule has 1 aliphatic heterocycles. The van der Waals surface area contributed by atoms with Crippen LogP contribution in [0.2, 0.25) is 0 Å². The van der Waals surface area contributed by atoms with Crippen LogP contribution >= 0.6 is 0 Å². The number of aromatic nitrogens is 3. The fraction of sp³-hybridized carbons (Fsp3) is 0.450. The highest BCUT2D eigenvalue weighted by molar-refractivity contribution is 7.89. The van der Waals surface area contributed by atoms with E-state index < -0.39 is 15.6 Å². The number of ether oxygens (including phenoxy) is 1. The molecular weight excluding hydrogens is 404 g/mol. The zero-order valence-electron chi connectivity index (χ0n) is 16.6. The molecule has 5 rings (SSSR count). The third-order valence-corrected chi connectivity index (χ3v) is 7.55. The van der Waals surface area contributed by atoms with Gasteiger partial charge in [-0.1, -0.05) is 6.07 Å². The first kappa shape index (κ1) is 19.2. The minimum atomic E-state index is -3.79. The van der Waals surface area contributed by atoms with Crippen molar-refractivity contribution in [3.63, 3.8) is 0 Å². The van der Waals surface area contributed by atoms with Crippen LogP contribution in [-0.2, 0) is 14.8 Å². The fourth-order valence-electron chi connectivity index (χ4n) is 4.08. The molecule has 0 spiro atoms. The number of sulfonamides is 1. The van der Waals surface area contributed by atoms with Crippen LogP contribution in [0.25, 0.3) is 21.9 Å². The first-order valence-electron chi connectivity index (χ1n) is 9.94. The number of hydrogen-bond acceptors (Lipinski definition) is 7. The van der Waals surface area contributed by atoms with Gasteiger partial charge in [-0.3, -0.25) is 0 Å². The van der Waals surface area contributed by atoms with Crippen LogP contribution in [-0.4, -0.2) is 55.2 Å². The van der Waals surface area contributed by atoms with Crippen molar-refractivity contribution < 1.29 is 13.2 Å². The molecule has 1 saturated heterocycles. The third-order valence-electron chi connectivity index (χ3n) is 6.02. The molecular formula is C20H22N6O3S. The number of anilines is 1. The molecule has 9 nitrogen and oxygen atoms in total. The number of piperidine rings is 1. The Balaban J connectivity index is 1.54. The summed E-state index contributed by atoms with van der Waals surface area (Å²) < 4.78 is 33.5. The SMILES string of the molecule is COC1CCN(c2ncnc3[nH]c4cc(S(=O)(=O)NC5(C#N)CC5)ccc4c23)CC1. The highest BCUT2D eigenvalue weighted by Crippen LogP contribution is 2.37. The van der Waals surface area contributed by atoms with E-state index in [0.717, 1.165) is 42.5 Å². The lowest BCUT2D eigenvalue weighted by Gasteiger charge is -2.32. The number of aromatic amines is 1. The van der Waals surface area contributed by atoms with Gasteiger partial charge in [0.05, 0.1) is 22.5 Å². The molecule has 1 aliphatic carbocycles. The van der Waals surface area contributed by atoms with Crippen molar-refractivity contribution in [1.29, 1.82) is 5.26 Å². The lowest BCUT2D eigenvalue weighted by molar-refractivity contribution is 0.0818. The molecule has 30 heavy (non-hydrogen) atoms. The van der Waals surface area contributed by atoms with Gasteiger partial charge in [0.2, 0.25) is 10.0 Å².